The largest absolute Gasteiger partial charge is 0.481 e. The van der Waals surface area contributed by atoms with E-state index in [0.717, 1.165) is 19.3 Å². The van der Waals surface area contributed by atoms with Crippen molar-refractivity contribution in [2.75, 3.05) is 18.5 Å². The van der Waals surface area contributed by atoms with Crippen molar-refractivity contribution >= 4 is 17.7 Å². The van der Waals surface area contributed by atoms with E-state index in [1.165, 1.54) is 17.0 Å². The van der Waals surface area contributed by atoms with Gasteiger partial charge >= 0.3 is 12.0 Å². The minimum atomic E-state index is -0.778. The Morgan fingerprint density at radius 2 is 1.95 bits per heavy atom. The van der Waals surface area contributed by atoms with Crippen LogP contribution in [0.5, 0.6) is 0 Å². The van der Waals surface area contributed by atoms with Crippen molar-refractivity contribution in [3.8, 4) is 0 Å². The van der Waals surface area contributed by atoms with Gasteiger partial charge in [-0.3, -0.25) is 9.69 Å². The quantitative estimate of drug-likeness (QED) is 0.724. The first-order valence-electron chi connectivity index (χ1n) is 6.99. The second-order valence-electron chi connectivity index (χ2n) is 4.83. The van der Waals surface area contributed by atoms with Gasteiger partial charge in [0.1, 0.15) is 5.82 Å². The van der Waals surface area contributed by atoms with Gasteiger partial charge in [-0.2, -0.15) is 0 Å². The van der Waals surface area contributed by atoms with Gasteiger partial charge in [-0.1, -0.05) is 18.9 Å². The predicted octanol–water partition coefficient (Wildman–Crippen LogP) is 3.01. The number of nitrogens with zero attached hydrogens (tertiary/aromatic N) is 1. The smallest absolute Gasteiger partial charge is 0.321 e. The minimum Gasteiger partial charge on any atom is -0.481 e. The Kier molecular flexibility index (Phi) is 7.21. The monoisotopic (exact) mass is 296 g/mol. The van der Waals surface area contributed by atoms with E-state index in [2.05, 4.69) is 5.32 Å². The molecule has 0 atom stereocenters. The third kappa shape index (κ3) is 6.74. The Morgan fingerprint density at radius 3 is 2.62 bits per heavy atom. The van der Waals surface area contributed by atoms with Crippen LogP contribution in [0.4, 0.5) is 14.9 Å². The SMILES string of the molecule is CN(C(=O)NCCCCCCC(=O)O)c1cccc(F)c1. The zero-order valence-electron chi connectivity index (χ0n) is 12.1. The molecular formula is C15H21FN2O3. The Hall–Kier alpha value is -2.11. The Balaban J connectivity index is 2.20. The molecular weight excluding hydrogens is 275 g/mol. The molecule has 1 rings (SSSR count). The molecule has 21 heavy (non-hydrogen) atoms. The van der Waals surface area contributed by atoms with Crippen molar-refractivity contribution < 1.29 is 19.1 Å². The average Bonchev–Trinajstić information content (AvgIpc) is 2.45. The summed E-state index contributed by atoms with van der Waals surface area (Å²) in [4.78, 5) is 23.5. The zero-order valence-corrected chi connectivity index (χ0v) is 12.1. The number of hydrogen-bond donors (Lipinski definition) is 2. The van der Waals surface area contributed by atoms with Crippen LogP contribution in [-0.4, -0.2) is 30.7 Å². The number of urea groups is 1. The lowest BCUT2D eigenvalue weighted by atomic mass is 10.1. The number of carboxylic acids is 1. The van der Waals surface area contributed by atoms with Crippen molar-refractivity contribution in [3.05, 3.63) is 30.1 Å². The fraction of sp³-hybridized carbons (Fsp3) is 0.467. The van der Waals surface area contributed by atoms with Crippen LogP contribution in [0.15, 0.2) is 24.3 Å². The average molecular weight is 296 g/mol. The number of carbonyl (C=O) groups excluding carboxylic acids is 1. The van der Waals surface area contributed by atoms with E-state index in [0.29, 0.717) is 18.7 Å². The molecule has 0 aromatic heterocycles. The number of anilines is 1. The number of aliphatic carboxylic acids is 1. The highest BCUT2D eigenvalue weighted by molar-refractivity contribution is 5.91. The van der Waals surface area contributed by atoms with Gasteiger partial charge in [-0.15, -0.1) is 0 Å². The summed E-state index contributed by atoms with van der Waals surface area (Å²) in [5.41, 5.74) is 0.494. The molecule has 0 saturated carbocycles. The third-order valence-electron chi connectivity index (χ3n) is 3.09. The lowest BCUT2D eigenvalue weighted by molar-refractivity contribution is -0.137. The molecule has 0 bridgehead atoms. The van der Waals surface area contributed by atoms with Crippen molar-refractivity contribution in [1.82, 2.24) is 5.32 Å². The molecule has 2 amide bonds. The standard InChI is InChI=1S/C15H21FN2O3/c1-18(13-8-6-7-12(16)11-13)15(21)17-10-5-3-2-4-9-14(19)20/h6-8,11H,2-5,9-10H2,1H3,(H,17,21)(H,19,20). The molecule has 0 saturated heterocycles. The van der Waals surface area contributed by atoms with Gasteiger partial charge in [0.15, 0.2) is 0 Å². The van der Waals surface area contributed by atoms with Crippen LogP contribution in [0.25, 0.3) is 0 Å². The summed E-state index contributed by atoms with van der Waals surface area (Å²) in [6, 6.07) is 5.55. The molecule has 5 nitrogen and oxygen atoms in total. The summed E-state index contributed by atoms with van der Waals surface area (Å²) in [5.74, 6) is -1.16. The minimum absolute atomic E-state index is 0.189. The molecule has 0 aliphatic heterocycles. The zero-order chi connectivity index (χ0) is 15.7. The topological polar surface area (TPSA) is 69.6 Å². The first-order chi connectivity index (χ1) is 10.0. The Labute approximate surface area is 123 Å². The molecule has 0 radical (unpaired) electrons. The highest BCUT2D eigenvalue weighted by Gasteiger charge is 2.10. The summed E-state index contributed by atoms with van der Waals surface area (Å²) >= 11 is 0. The Morgan fingerprint density at radius 1 is 1.24 bits per heavy atom. The molecule has 116 valence electrons. The molecule has 0 unspecified atom stereocenters. The van der Waals surface area contributed by atoms with Crippen LogP contribution in [-0.2, 0) is 4.79 Å². The van der Waals surface area contributed by atoms with E-state index in [4.69, 9.17) is 5.11 Å². The van der Waals surface area contributed by atoms with E-state index >= 15 is 0 Å². The second kappa shape index (κ2) is 8.94. The number of amides is 2. The summed E-state index contributed by atoms with van der Waals surface area (Å²) in [5, 5.41) is 11.2. The van der Waals surface area contributed by atoms with Crippen LogP contribution >= 0.6 is 0 Å². The number of nitrogens with one attached hydrogen (secondary N) is 1. The number of rotatable bonds is 8. The van der Waals surface area contributed by atoms with Crippen LogP contribution in [0.2, 0.25) is 0 Å². The maximum atomic E-state index is 13.1. The van der Waals surface area contributed by atoms with Gasteiger partial charge in [0.05, 0.1) is 0 Å². The lowest BCUT2D eigenvalue weighted by Gasteiger charge is -2.18. The fourth-order valence-corrected chi connectivity index (χ4v) is 1.87. The number of benzene rings is 1. The number of carbonyl (C=O) groups is 2. The molecule has 0 heterocycles. The molecule has 1 aromatic carbocycles. The summed E-state index contributed by atoms with van der Waals surface area (Å²) < 4.78 is 13.1. The number of hydrogen-bond acceptors (Lipinski definition) is 2. The first kappa shape index (κ1) is 16.9. The normalized spacial score (nSPS) is 10.2. The van der Waals surface area contributed by atoms with Crippen LogP contribution in [0, 0.1) is 5.82 Å². The number of halogens is 1. The van der Waals surface area contributed by atoms with E-state index < -0.39 is 5.97 Å². The van der Waals surface area contributed by atoms with Gasteiger partial charge in [0, 0.05) is 25.7 Å². The Bertz CT molecular complexity index is 480. The molecule has 6 heteroatoms. The molecule has 0 aliphatic carbocycles. The lowest BCUT2D eigenvalue weighted by Crippen LogP contribution is -2.37. The third-order valence-corrected chi connectivity index (χ3v) is 3.09. The fourth-order valence-electron chi connectivity index (χ4n) is 1.87. The summed E-state index contributed by atoms with van der Waals surface area (Å²) in [6.07, 6.45) is 3.35. The van der Waals surface area contributed by atoms with E-state index in [9.17, 15) is 14.0 Å². The molecule has 1 aromatic rings. The van der Waals surface area contributed by atoms with Gasteiger partial charge in [-0.05, 0) is 31.0 Å². The second-order valence-corrected chi connectivity index (χ2v) is 4.83. The maximum Gasteiger partial charge on any atom is 0.321 e. The van der Waals surface area contributed by atoms with Gasteiger partial charge in [0.2, 0.25) is 0 Å². The van der Waals surface area contributed by atoms with Crippen molar-refractivity contribution in [2.45, 2.75) is 32.1 Å². The molecule has 2 N–H and O–H groups in total. The van der Waals surface area contributed by atoms with Crippen LogP contribution < -0.4 is 10.2 Å². The first-order valence-corrected chi connectivity index (χ1v) is 6.99. The van der Waals surface area contributed by atoms with Gasteiger partial charge in [0.25, 0.3) is 0 Å². The van der Waals surface area contributed by atoms with E-state index in [1.54, 1.807) is 19.2 Å². The highest BCUT2D eigenvalue weighted by atomic mass is 19.1. The van der Waals surface area contributed by atoms with Crippen molar-refractivity contribution in [2.24, 2.45) is 0 Å². The summed E-state index contributed by atoms with van der Waals surface area (Å²) in [7, 11) is 1.58. The van der Waals surface area contributed by atoms with Crippen molar-refractivity contribution in [3.63, 3.8) is 0 Å². The number of carboxylic acid groups (broad SMARTS) is 1. The van der Waals surface area contributed by atoms with Crippen LogP contribution in [0.1, 0.15) is 32.1 Å². The van der Waals surface area contributed by atoms with Crippen LogP contribution in [0.3, 0.4) is 0 Å². The summed E-state index contributed by atoms with van der Waals surface area (Å²) in [6.45, 7) is 0.519. The van der Waals surface area contributed by atoms with E-state index in [1.807, 2.05) is 0 Å². The van der Waals surface area contributed by atoms with E-state index in [-0.39, 0.29) is 18.3 Å². The molecule has 0 fully saturated rings. The maximum absolute atomic E-state index is 13.1. The number of unbranched alkanes of at least 4 members (excludes halogenated alkanes) is 3. The van der Waals surface area contributed by atoms with Crippen molar-refractivity contribution in [1.29, 1.82) is 0 Å². The van der Waals surface area contributed by atoms with Gasteiger partial charge < -0.3 is 10.4 Å². The predicted molar refractivity (Wildman–Crippen MR) is 78.9 cm³/mol. The van der Waals surface area contributed by atoms with Gasteiger partial charge in [-0.25, -0.2) is 9.18 Å². The molecule has 0 spiro atoms. The highest BCUT2D eigenvalue weighted by Crippen LogP contribution is 2.13. The molecule has 0 aliphatic rings.